The lowest BCUT2D eigenvalue weighted by Gasteiger charge is -2.11. The Morgan fingerprint density at radius 1 is 1.06 bits per heavy atom. The van der Waals surface area contributed by atoms with Gasteiger partial charge in [0.05, 0.1) is 30.7 Å². The summed E-state index contributed by atoms with van der Waals surface area (Å²) in [7, 11) is 1.59. The Morgan fingerprint density at radius 3 is 2.56 bits per heavy atom. The molecule has 0 spiro atoms. The number of ether oxygens (including phenoxy) is 2. The fourth-order valence-electron chi connectivity index (χ4n) is 3.32. The van der Waals surface area contributed by atoms with Crippen molar-refractivity contribution in [3.8, 4) is 22.7 Å². The minimum Gasteiger partial charge on any atom is -0.497 e. The Hall–Kier alpha value is -4.17. The predicted octanol–water partition coefficient (Wildman–Crippen LogP) is 5.03. The average Bonchev–Trinajstić information content (AvgIpc) is 3.30. The first kappa shape index (κ1) is 23.0. The van der Waals surface area contributed by atoms with Crippen LogP contribution in [0.4, 0.5) is 5.69 Å². The molecule has 2 heterocycles. The van der Waals surface area contributed by atoms with Gasteiger partial charge in [-0.3, -0.25) is 4.79 Å². The average molecular weight is 477 g/mol. The molecule has 1 amide bonds. The van der Waals surface area contributed by atoms with Crippen LogP contribution in [0.15, 0.2) is 72.9 Å². The SMILES string of the molecule is CCOC(=O)c1cc(-c2cccc(NC(=O)c3cccnc3Cl)c2)n(-c2ccc(OC)cc2)n1. The minimum atomic E-state index is -0.522. The largest absolute Gasteiger partial charge is 0.497 e. The number of hydrogen-bond donors (Lipinski definition) is 1. The van der Waals surface area contributed by atoms with Crippen molar-refractivity contribution in [2.24, 2.45) is 0 Å². The van der Waals surface area contributed by atoms with Crippen molar-refractivity contribution in [1.82, 2.24) is 14.8 Å². The number of hydrogen-bond acceptors (Lipinski definition) is 6. The van der Waals surface area contributed by atoms with Gasteiger partial charge in [-0.15, -0.1) is 0 Å². The summed E-state index contributed by atoms with van der Waals surface area (Å²) in [5.74, 6) is -0.209. The number of esters is 1. The summed E-state index contributed by atoms with van der Waals surface area (Å²) in [6.07, 6.45) is 1.52. The van der Waals surface area contributed by atoms with E-state index in [4.69, 9.17) is 21.1 Å². The van der Waals surface area contributed by atoms with E-state index in [1.807, 2.05) is 18.2 Å². The Labute approximate surface area is 201 Å². The van der Waals surface area contributed by atoms with Crippen molar-refractivity contribution in [2.45, 2.75) is 6.92 Å². The second kappa shape index (κ2) is 10.2. The van der Waals surface area contributed by atoms with Gasteiger partial charge in [-0.2, -0.15) is 5.10 Å². The van der Waals surface area contributed by atoms with E-state index in [-0.39, 0.29) is 28.9 Å². The van der Waals surface area contributed by atoms with Crippen LogP contribution in [0.2, 0.25) is 5.15 Å². The minimum absolute atomic E-state index is 0.118. The summed E-state index contributed by atoms with van der Waals surface area (Å²) >= 11 is 6.04. The zero-order valence-corrected chi connectivity index (χ0v) is 19.2. The van der Waals surface area contributed by atoms with Crippen molar-refractivity contribution in [3.05, 3.63) is 89.3 Å². The molecule has 172 valence electrons. The van der Waals surface area contributed by atoms with Crippen LogP contribution in [0.3, 0.4) is 0 Å². The number of aromatic nitrogens is 3. The maximum atomic E-state index is 12.7. The predicted molar refractivity (Wildman–Crippen MR) is 129 cm³/mol. The van der Waals surface area contributed by atoms with Crippen LogP contribution in [0.5, 0.6) is 5.75 Å². The zero-order chi connectivity index (χ0) is 24.1. The van der Waals surface area contributed by atoms with Gasteiger partial charge in [-0.1, -0.05) is 23.7 Å². The number of anilines is 1. The fourth-order valence-corrected chi connectivity index (χ4v) is 3.53. The Balaban J connectivity index is 1.72. The van der Waals surface area contributed by atoms with E-state index >= 15 is 0 Å². The molecule has 0 fully saturated rings. The summed E-state index contributed by atoms with van der Waals surface area (Å²) in [6, 6.07) is 19.4. The number of carbonyl (C=O) groups excluding carboxylic acids is 2. The van der Waals surface area contributed by atoms with Gasteiger partial charge in [0.25, 0.3) is 5.91 Å². The van der Waals surface area contributed by atoms with Gasteiger partial charge < -0.3 is 14.8 Å². The number of nitrogens with one attached hydrogen (secondary N) is 1. The van der Waals surface area contributed by atoms with Gasteiger partial charge in [0.2, 0.25) is 0 Å². The smallest absolute Gasteiger partial charge is 0.358 e. The highest BCUT2D eigenvalue weighted by atomic mass is 35.5. The molecule has 34 heavy (non-hydrogen) atoms. The highest BCUT2D eigenvalue weighted by Gasteiger charge is 2.18. The molecule has 1 N–H and O–H groups in total. The number of amides is 1. The normalized spacial score (nSPS) is 10.6. The number of methoxy groups -OCH3 is 1. The van der Waals surface area contributed by atoms with Crippen LogP contribution in [-0.2, 0) is 4.74 Å². The molecule has 9 heteroatoms. The molecular weight excluding hydrogens is 456 g/mol. The van der Waals surface area contributed by atoms with Crippen molar-refractivity contribution in [2.75, 3.05) is 19.0 Å². The molecule has 0 saturated heterocycles. The lowest BCUT2D eigenvalue weighted by molar-refractivity contribution is 0.0519. The van der Waals surface area contributed by atoms with Gasteiger partial charge in [-0.05, 0) is 61.5 Å². The third-order valence-corrected chi connectivity index (χ3v) is 5.23. The van der Waals surface area contributed by atoms with Crippen molar-refractivity contribution in [3.63, 3.8) is 0 Å². The molecule has 2 aromatic carbocycles. The first-order chi connectivity index (χ1) is 16.5. The molecule has 4 aromatic rings. The monoisotopic (exact) mass is 476 g/mol. The molecule has 0 saturated carbocycles. The number of nitrogens with zero attached hydrogens (tertiary/aromatic N) is 3. The highest BCUT2D eigenvalue weighted by molar-refractivity contribution is 6.33. The first-order valence-electron chi connectivity index (χ1n) is 10.4. The number of pyridine rings is 1. The molecule has 8 nitrogen and oxygen atoms in total. The van der Waals surface area contributed by atoms with Crippen LogP contribution >= 0.6 is 11.6 Å². The van der Waals surface area contributed by atoms with Crippen molar-refractivity contribution >= 4 is 29.2 Å². The van der Waals surface area contributed by atoms with Crippen molar-refractivity contribution < 1.29 is 19.1 Å². The number of halogens is 1. The topological polar surface area (TPSA) is 95.3 Å². The fraction of sp³-hybridized carbons (Fsp3) is 0.120. The molecule has 0 bridgehead atoms. The molecule has 4 rings (SSSR count). The van der Waals surface area contributed by atoms with Gasteiger partial charge in [0, 0.05) is 17.4 Å². The van der Waals surface area contributed by atoms with Gasteiger partial charge >= 0.3 is 5.97 Å². The van der Waals surface area contributed by atoms with Crippen LogP contribution in [0, 0.1) is 0 Å². The van der Waals surface area contributed by atoms with Crippen LogP contribution in [0.1, 0.15) is 27.8 Å². The van der Waals surface area contributed by atoms with Gasteiger partial charge in [0.15, 0.2) is 5.69 Å². The van der Waals surface area contributed by atoms with Gasteiger partial charge in [0.1, 0.15) is 10.9 Å². The quantitative estimate of drug-likeness (QED) is 0.297. The van der Waals surface area contributed by atoms with Crippen LogP contribution in [-0.4, -0.2) is 40.4 Å². The molecule has 0 atom stereocenters. The number of carbonyl (C=O) groups is 2. The standard InChI is InChI=1S/C25H21ClN4O4/c1-3-34-25(32)21-15-22(30(29-21)18-9-11-19(33-2)12-10-18)16-6-4-7-17(14-16)28-24(31)20-8-5-13-27-23(20)26/h4-15H,3H2,1-2H3,(H,28,31). The molecular formula is C25H21ClN4O4. The lowest BCUT2D eigenvalue weighted by Crippen LogP contribution is -2.13. The Bertz CT molecular complexity index is 1340. The summed E-state index contributed by atoms with van der Waals surface area (Å²) in [5.41, 5.74) is 3.08. The summed E-state index contributed by atoms with van der Waals surface area (Å²) in [4.78, 5) is 29.0. The molecule has 2 aromatic heterocycles. The maximum absolute atomic E-state index is 12.7. The second-order valence-electron chi connectivity index (χ2n) is 7.12. The van der Waals surface area contributed by atoms with E-state index in [1.165, 1.54) is 6.20 Å². The third-order valence-electron chi connectivity index (χ3n) is 4.93. The van der Waals surface area contributed by atoms with Crippen LogP contribution < -0.4 is 10.1 Å². The van der Waals surface area contributed by atoms with E-state index in [0.717, 1.165) is 11.3 Å². The summed E-state index contributed by atoms with van der Waals surface area (Å²) < 4.78 is 12.0. The maximum Gasteiger partial charge on any atom is 0.358 e. The number of benzene rings is 2. The molecule has 0 aliphatic heterocycles. The van der Waals surface area contributed by atoms with E-state index < -0.39 is 5.97 Å². The van der Waals surface area contributed by atoms with Crippen molar-refractivity contribution in [1.29, 1.82) is 0 Å². The third kappa shape index (κ3) is 4.92. The van der Waals surface area contributed by atoms with E-state index in [2.05, 4.69) is 15.4 Å². The zero-order valence-electron chi connectivity index (χ0n) is 18.5. The molecule has 0 aliphatic carbocycles. The van der Waals surface area contributed by atoms with E-state index in [9.17, 15) is 9.59 Å². The Kier molecular flexibility index (Phi) is 6.89. The molecule has 0 radical (unpaired) electrons. The molecule has 0 aliphatic rings. The highest BCUT2D eigenvalue weighted by Crippen LogP contribution is 2.28. The van der Waals surface area contributed by atoms with E-state index in [0.29, 0.717) is 17.1 Å². The van der Waals surface area contributed by atoms with Gasteiger partial charge in [-0.25, -0.2) is 14.5 Å². The lowest BCUT2D eigenvalue weighted by atomic mass is 10.1. The molecule has 0 unspecified atom stereocenters. The second-order valence-corrected chi connectivity index (χ2v) is 7.48. The first-order valence-corrected chi connectivity index (χ1v) is 10.8. The summed E-state index contributed by atoms with van der Waals surface area (Å²) in [6.45, 7) is 1.97. The van der Waals surface area contributed by atoms with Crippen LogP contribution in [0.25, 0.3) is 16.9 Å². The summed E-state index contributed by atoms with van der Waals surface area (Å²) in [5, 5.41) is 7.42. The number of rotatable bonds is 7. The van der Waals surface area contributed by atoms with E-state index in [1.54, 1.807) is 67.2 Å². The Morgan fingerprint density at radius 2 is 1.85 bits per heavy atom.